The predicted octanol–water partition coefficient (Wildman–Crippen LogP) is -0.694. The third kappa shape index (κ3) is 3.28. The van der Waals surface area contributed by atoms with Crippen LogP contribution in [0.15, 0.2) is 18.5 Å². The van der Waals surface area contributed by atoms with Crippen molar-refractivity contribution >= 4 is 11.9 Å². The van der Waals surface area contributed by atoms with E-state index in [1.807, 2.05) is 0 Å². The molecule has 7 nitrogen and oxygen atoms in total. The lowest BCUT2D eigenvalue weighted by atomic mass is 10.2. The fourth-order valence-electron chi connectivity index (χ4n) is 1.01. The van der Waals surface area contributed by atoms with Crippen LogP contribution in [0.1, 0.15) is 10.4 Å². The number of nitrogens with one attached hydrogen (secondary N) is 1. The molecule has 1 aromatic rings. The SMILES string of the molecule is COCC(NC(=O)c1ccnnc1)C(=O)O. The van der Waals surface area contributed by atoms with Crippen molar-refractivity contribution in [1.82, 2.24) is 15.5 Å². The summed E-state index contributed by atoms with van der Waals surface area (Å²) in [6.45, 7) is -0.0976. The summed E-state index contributed by atoms with van der Waals surface area (Å²) < 4.78 is 4.68. The van der Waals surface area contributed by atoms with Crippen molar-refractivity contribution in [2.75, 3.05) is 13.7 Å². The number of carboxylic acids is 1. The fourth-order valence-corrected chi connectivity index (χ4v) is 1.01. The Morgan fingerprint density at radius 3 is 2.81 bits per heavy atom. The third-order valence-corrected chi connectivity index (χ3v) is 1.78. The Hall–Kier alpha value is -2.02. The van der Waals surface area contributed by atoms with Crippen molar-refractivity contribution in [3.05, 3.63) is 24.0 Å². The van der Waals surface area contributed by atoms with Crippen LogP contribution in [-0.2, 0) is 9.53 Å². The van der Waals surface area contributed by atoms with E-state index in [0.717, 1.165) is 0 Å². The lowest BCUT2D eigenvalue weighted by Crippen LogP contribution is -2.43. The summed E-state index contributed by atoms with van der Waals surface area (Å²) in [4.78, 5) is 22.3. The zero-order valence-electron chi connectivity index (χ0n) is 8.58. The maximum absolute atomic E-state index is 11.5. The number of aliphatic carboxylic acids is 1. The summed E-state index contributed by atoms with van der Waals surface area (Å²) in [5.41, 5.74) is 0.248. The zero-order chi connectivity index (χ0) is 12.0. The second kappa shape index (κ2) is 5.76. The van der Waals surface area contributed by atoms with Gasteiger partial charge in [0.15, 0.2) is 6.04 Å². The lowest BCUT2D eigenvalue weighted by molar-refractivity contribution is -0.140. The Morgan fingerprint density at radius 1 is 1.56 bits per heavy atom. The molecule has 2 N–H and O–H groups in total. The van der Waals surface area contributed by atoms with Crippen LogP contribution in [0, 0.1) is 0 Å². The number of amides is 1. The van der Waals surface area contributed by atoms with Gasteiger partial charge in [0, 0.05) is 7.11 Å². The molecule has 0 aliphatic rings. The first-order valence-corrected chi connectivity index (χ1v) is 4.44. The van der Waals surface area contributed by atoms with Gasteiger partial charge in [-0.1, -0.05) is 0 Å². The molecule has 86 valence electrons. The Balaban J connectivity index is 2.65. The van der Waals surface area contributed by atoms with Crippen LogP contribution in [0.3, 0.4) is 0 Å². The number of rotatable bonds is 5. The van der Waals surface area contributed by atoms with E-state index >= 15 is 0 Å². The van der Waals surface area contributed by atoms with Crippen molar-refractivity contribution in [2.45, 2.75) is 6.04 Å². The van der Waals surface area contributed by atoms with Crippen LogP contribution in [-0.4, -0.2) is 46.9 Å². The molecule has 0 bridgehead atoms. The van der Waals surface area contributed by atoms with Crippen molar-refractivity contribution in [1.29, 1.82) is 0 Å². The Kier molecular flexibility index (Phi) is 4.34. The normalized spacial score (nSPS) is 11.8. The minimum atomic E-state index is -1.16. The number of hydrogen-bond acceptors (Lipinski definition) is 5. The molecule has 1 unspecified atom stereocenters. The van der Waals surface area contributed by atoms with Crippen LogP contribution in [0.4, 0.5) is 0 Å². The molecule has 0 saturated carbocycles. The van der Waals surface area contributed by atoms with Crippen molar-refractivity contribution < 1.29 is 19.4 Å². The molecule has 1 amide bonds. The molecule has 1 rings (SSSR count). The maximum atomic E-state index is 11.5. The number of methoxy groups -OCH3 is 1. The summed E-state index contributed by atoms with van der Waals surface area (Å²) >= 11 is 0. The van der Waals surface area contributed by atoms with E-state index in [9.17, 15) is 9.59 Å². The van der Waals surface area contributed by atoms with E-state index in [4.69, 9.17) is 5.11 Å². The molecular weight excluding hydrogens is 214 g/mol. The first-order valence-electron chi connectivity index (χ1n) is 4.44. The number of carboxylic acid groups (broad SMARTS) is 1. The second-order valence-electron chi connectivity index (χ2n) is 2.95. The largest absolute Gasteiger partial charge is 0.480 e. The number of carbonyl (C=O) groups excluding carboxylic acids is 1. The minimum Gasteiger partial charge on any atom is -0.480 e. The highest BCUT2D eigenvalue weighted by atomic mass is 16.5. The first-order chi connectivity index (χ1) is 7.65. The minimum absolute atomic E-state index is 0.0976. The summed E-state index contributed by atoms with van der Waals surface area (Å²) in [7, 11) is 1.36. The molecule has 7 heteroatoms. The van der Waals surface area contributed by atoms with Gasteiger partial charge >= 0.3 is 5.97 Å². The van der Waals surface area contributed by atoms with Crippen molar-refractivity contribution in [2.24, 2.45) is 0 Å². The molecule has 0 fully saturated rings. The van der Waals surface area contributed by atoms with E-state index in [1.165, 1.54) is 25.6 Å². The van der Waals surface area contributed by atoms with Gasteiger partial charge in [-0.3, -0.25) is 4.79 Å². The van der Waals surface area contributed by atoms with E-state index in [2.05, 4.69) is 20.3 Å². The standard InChI is InChI=1S/C9H11N3O4/c1-16-5-7(9(14)15)12-8(13)6-2-3-10-11-4-6/h2-4,7H,5H2,1H3,(H,12,13)(H,14,15). The van der Waals surface area contributed by atoms with Gasteiger partial charge < -0.3 is 15.2 Å². The van der Waals surface area contributed by atoms with E-state index in [-0.39, 0.29) is 12.2 Å². The number of aromatic nitrogens is 2. The van der Waals surface area contributed by atoms with Crippen LogP contribution >= 0.6 is 0 Å². The third-order valence-electron chi connectivity index (χ3n) is 1.78. The zero-order valence-corrected chi connectivity index (χ0v) is 8.58. The van der Waals surface area contributed by atoms with Gasteiger partial charge in [0.2, 0.25) is 0 Å². The Morgan fingerprint density at radius 2 is 2.31 bits per heavy atom. The second-order valence-corrected chi connectivity index (χ2v) is 2.95. The van der Waals surface area contributed by atoms with Crippen LogP contribution < -0.4 is 5.32 Å². The molecule has 0 aliphatic carbocycles. The Labute approximate surface area is 91.4 Å². The van der Waals surface area contributed by atoms with Gasteiger partial charge in [0.25, 0.3) is 5.91 Å². The monoisotopic (exact) mass is 225 g/mol. The molecule has 1 atom stereocenters. The average Bonchev–Trinajstić information content (AvgIpc) is 2.29. The van der Waals surface area contributed by atoms with Crippen LogP contribution in [0.25, 0.3) is 0 Å². The number of hydrogen-bond donors (Lipinski definition) is 2. The smallest absolute Gasteiger partial charge is 0.328 e. The van der Waals surface area contributed by atoms with Gasteiger partial charge in [0.1, 0.15) is 0 Å². The van der Waals surface area contributed by atoms with Gasteiger partial charge in [-0.15, -0.1) is 0 Å². The highest BCUT2D eigenvalue weighted by molar-refractivity contribution is 5.96. The molecule has 1 heterocycles. The number of ether oxygens (including phenoxy) is 1. The van der Waals surface area contributed by atoms with Gasteiger partial charge in [-0.25, -0.2) is 4.79 Å². The van der Waals surface area contributed by atoms with Crippen molar-refractivity contribution in [3.63, 3.8) is 0 Å². The van der Waals surface area contributed by atoms with E-state index < -0.39 is 17.9 Å². The molecule has 0 aromatic carbocycles. The van der Waals surface area contributed by atoms with Crippen LogP contribution in [0.5, 0.6) is 0 Å². The Bertz CT molecular complexity index is 368. The topological polar surface area (TPSA) is 101 Å². The fraction of sp³-hybridized carbons (Fsp3) is 0.333. The summed E-state index contributed by atoms with van der Waals surface area (Å²) in [5.74, 6) is -1.68. The maximum Gasteiger partial charge on any atom is 0.328 e. The van der Waals surface area contributed by atoms with E-state index in [0.29, 0.717) is 0 Å². The van der Waals surface area contributed by atoms with Crippen molar-refractivity contribution in [3.8, 4) is 0 Å². The predicted molar refractivity (Wildman–Crippen MR) is 52.8 cm³/mol. The average molecular weight is 225 g/mol. The van der Waals surface area contributed by atoms with Crippen LogP contribution in [0.2, 0.25) is 0 Å². The first kappa shape index (κ1) is 12.1. The molecule has 0 aliphatic heterocycles. The quantitative estimate of drug-likeness (QED) is 0.687. The molecule has 0 spiro atoms. The number of carbonyl (C=O) groups is 2. The highest BCUT2D eigenvalue weighted by Crippen LogP contribution is 1.95. The van der Waals surface area contributed by atoms with Gasteiger partial charge in [0.05, 0.1) is 24.6 Å². The molecule has 0 saturated heterocycles. The molecule has 1 aromatic heterocycles. The molecule has 0 radical (unpaired) electrons. The summed E-state index contributed by atoms with van der Waals surface area (Å²) in [6, 6.07) is 0.360. The lowest BCUT2D eigenvalue weighted by Gasteiger charge is -2.12. The number of nitrogens with zero attached hydrogens (tertiary/aromatic N) is 2. The summed E-state index contributed by atoms with van der Waals surface area (Å²) in [5, 5.41) is 18.1. The van der Waals surface area contributed by atoms with E-state index in [1.54, 1.807) is 0 Å². The molecular formula is C9H11N3O4. The molecule has 16 heavy (non-hydrogen) atoms. The highest BCUT2D eigenvalue weighted by Gasteiger charge is 2.20. The van der Waals surface area contributed by atoms with Gasteiger partial charge in [-0.05, 0) is 6.07 Å². The summed E-state index contributed by atoms with van der Waals surface area (Å²) in [6.07, 6.45) is 2.60. The van der Waals surface area contributed by atoms with Gasteiger partial charge in [-0.2, -0.15) is 10.2 Å².